The van der Waals surface area contributed by atoms with Gasteiger partial charge in [0.15, 0.2) is 0 Å². The van der Waals surface area contributed by atoms with E-state index in [4.69, 9.17) is 0 Å². The lowest BCUT2D eigenvalue weighted by Crippen LogP contribution is -2.43. The van der Waals surface area contributed by atoms with E-state index in [1.807, 2.05) is 0 Å². The van der Waals surface area contributed by atoms with Gasteiger partial charge in [0.25, 0.3) is 0 Å². The van der Waals surface area contributed by atoms with Crippen LogP contribution in [0.5, 0.6) is 0 Å². The molecule has 1 amide bonds. The first-order chi connectivity index (χ1) is 10.6. The fourth-order valence-corrected chi connectivity index (χ4v) is 4.82. The van der Waals surface area contributed by atoms with Crippen LogP contribution in [0.1, 0.15) is 71.6 Å². The zero-order valence-corrected chi connectivity index (χ0v) is 14.5. The van der Waals surface area contributed by atoms with Crippen molar-refractivity contribution in [3.63, 3.8) is 0 Å². The largest absolute Gasteiger partial charge is 0.341 e. The number of hydrogen-bond acceptors (Lipinski definition) is 2. The molecule has 0 aromatic rings. The Bertz CT molecular complexity index is 376. The maximum absolute atomic E-state index is 13.1. The van der Waals surface area contributed by atoms with Crippen molar-refractivity contribution in [2.24, 2.45) is 17.8 Å². The molecule has 3 atom stereocenters. The van der Waals surface area contributed by atoms with Gasteiger partial charge in [-0.25, -0.2) is 0 Å². The minimum absolute atomic E-state index is 0.250. The van der Waals surface area contributed by atoms with Gasteiger partial charge >= 0.3 is 0 Å². The van der Waals surface area contributed by atoms with E-state index in [1.54, 1.807) is 0 Å². The minimum Gasteiger partial charge on any atom is -0.341 e. The quantitative estimate of drug-likeness (QED) is 0.861. The van der Waals surface area contributed by atoms with Crippen molar-refractivity contribution in [2.45, 2.75) is 83.7 Å². The normalized spacial score (nSPS) is 31.3. The molecule has 3 unspecified atom stereocenters. The smallest absolute Gasteiger partial charge is 0.226 e. The molecule has 2 heterocycles. The highest BCUT2D eigenvalue weighted by molar-refractivity contribution is 5.79. The molecule has 2 bridgehead atoms. The van der Waals surface area contributed by atoms with Crippen LogP contribution in [0, 0.1) is 17.8 Å². The molecular weight excluding hydrogens is 272 g/mol. The predicted octanol–water partition coefficient (Wildman–Crippen LogP) is 3.58. The Hall–Kier alpha value is -0.570. The summed E-state index contributed by atoms with van der Waals surface area (Å²) in [5.74, 6) is 1.98. The monoisotopic (exact) mass is 306 g/mol. The van der Waals surface area contributed by atoms with E-state index in [1.165, 1.54) is 44.9 Å². The number of rotatable bonds is 4. The number of amides is 1. The Kier molecular flexibility index (Phi) is 5.43. The first-order valence-electron chi connectivity index (χ1n) is 9.68. The van der Waals surface area contributed by atoms with Crippen LogP contribution in [0.4, 0.5) is 0 Å². The highest BCUT2D eigenvalue weighted by Gasteiger charge is 2.35. The average Bonchev–Trinajstić information content (AvgIpc) is 2.84. The first kappa shape index (κ1) is 16.3. The van der Waals surface area contributed by atoms with E-state index in [-0.39, 0.29) is 5.92 Å². The lowest BCUT2D eigenvalue weighted by Gasteiger charge is -2.33. The number of nitrogens with zero attached hydrogens (tertiary/aromatic N) is 1. The van der Waals surface area contributed by atoms with Crippen LogP contribution in [0.2, 0.25) is 0 Å². The second-order valence-electron chi connectivity index (χ2n) is 8.30. The van der Waals surface area contributed by atoms with Crippen LogP contribution < -0.4 is 5.32 Å². The van der Waals surface area contributed by atoms with Crippen LogP contribution in [-0.4, -0.2) is 36.0 Å². The van der Waals surface area contributed by atoms with Gasteiger partial charge in [-0.1, -0.05) is 46.0 Å². The van der Waals surface area contributed by atoms with E-state index in [2.05, 4.69) is 24.1 Å². The molecule has 0 radical (unpaired) electrons. The van der Waals surface area contributed by atoms with Gasteiger partial charge in [0.1, 0.15) is 0 Å². The molecule has 0 aromatic heterocycles. The number of nitrogens with one attached hydrogen (secondary N) is 1. The minimum atomic E-state index is 0.250. The van der Waals surface area contributed by atoms with Crippen molar-refractivity contribution >= 4 is 5.91 Å². The molecule has 3 aliphatic rings. The molecule has 3 heteroatoms. The van der Waals surface area contributed by atoms with Crippen LogP contribution >= 0.6 is 0 Å². The molecule has 126 valence electrons. The first-order valence-corrected chi connectivity index (χ1v) is 9.68. The van der Waals surface area contributed by atoms with Crippen LogP contribution in [-0.2, 0) is 4.79 Å². The molecule has 3 rings (SSSR count). The van der Waals surface area contributed by atoms with E-state index in [9.17, 15) is 4.79 Å². The summed E-state index contributed by atoms with van der Waals surface area (Å²) >= 11 is 0. The maximum atomic E-state index is 13.1. The molecule has 3 nitrogen and oxygen atoms in total. The summed E-state index contributed by atoms with van der Waals surface area (Å²) in [7, 11) is 0. The Labute approximate surface area is 136 Å². The number of hydrogen-bond donors (Lipinski definition) is 1. The third-order valence-corrected chi connectivity index (χ3v) is 6.27. The maximum Gasteiger partial charge on any atom is 0.226 e. The van der Waals surface area contributed by atoms with E-state index < -0.39 is 0 Å². The predicted molar refractivity (Wildman–Crippen MR) is 90.7 cm³/mol. The van der Waals surface area contributed by atoms with Crippen molar-refractivity contribution in [3.8, 4) is 0 Å². The van der Waals surface area contributed by atoms with Gasteiger partial charge in [0.05, 0.1) is 0 Å². The highest BCUT2D eigenvalue weighted by Crippen LogP contribution is 2.33. The van der Waals surface area contributed by atoms with Crippen LogP contribution in [0.15, 0.2) is 0 Å². The van der Waals surface area contributed by atoms with E-state index >= 15 is 0 Å². The van der Waals surface area contributed by atoms with Gasteiger partial charge in [-0.3, -0.25) is 4.79 Å². The summed E-state index contributed by atoms with van der Waals surface area (Å²) < 4.78 is 0. The van der Waals surface area contributed by atoms with Crippen molar-refractivity contribution in [1.29, 1.82) is 0 Å². The Morgan fingerprint density at radius 2 is 1.77 bits per heavy atom. The third-order valence-electron chi connectivity index (χ3n) is 6.27. The van der Waals surface area contributed by atoms with E-state index in [0.29, 0.717) is 23.9 Å². The second kappa shape index (κ2) is 7.33. The van der Waals surface area contributed by atoms with Crippen molar-refractivity contribution < 1.29 is 4.79 Å². The zero-order valence-electron chi connectivity index (χ0n) is 14.5. The Morgan fingerprint density at radius 3 is 2.50 bits per heavy atom. The molecule has 2 saturated heterocycles. The molecule has 1 aliphatic carbocycles. The molecule has 0 spiro atoms. The fraction of sp³-hybridized carbons (Fsp3) is 0.947. The summed E-state index contributed by atoms with van der Waals surface area (Å²) in [4.78, 5) is 15.3. The molecule has 2 aliphatic heterocycles. The lowest BCUT2D eigenvalue weighted by atomic mass is 9.78. The van der Waals surface area contributed by atoms with Gasteiger partial charge in [-0.05, 0) is 37.5 Å². The summed E-state index contributed by atoms with van der Waals surface area (Å²) in [5.41, 5.74) is 0. The van der Waals surface area contributed by atoms with Gasteiger partial charge < -0.3 is 10.2 Å². The Balaban J connectivity index is 1.61. The molecular formula is C19H34N2O. The van der Waals surface area contributed by atoms with Gasteiger partial charge in [0, 0.05) is 31.1 Å². The van der Waals surface area contributed by atoms with Gasteiger partial charge in [-0.15, -0.1) is 0 Å². The van der Waals surface area contributed by atoms with Crippen molar-refractivity contribution in [1.82, 2.24) is 10.2 Å². The molecule has 22 heavy (non-hydrogen) atoms. The summed E-state index contributed by atoms with van der Waals surface area (Å²) in [6.45, 7) is 6.41. The van der Waals surface area contributed by atoms with Crippen molar-refractivity contribution in [3.05, 3.63) is 0 Å². The van der Waals surface area contributed by atoms with Gasteiger partial charge in [-0.2, -0.15) is 0 Å². The summed E-state index contributed by atoms with van der Waals surface area (Å²) in [6.07, 6.45) is 11.7. The summed E-state index contributed by atoms with van der Waals surface area (Å²) in [6, 6.07) is 1.22. The number of fused-ring (bicyclic) bond motifs is 2. The molecule has 1 N–H and O–H groups in total. The van der Waals surface area contributed by atoms with E-state index in [0.717, 1.165) is 31.8 Å². The zero-order chi connectivity index (χ0) is 15.5. The third kappa shape index (κ3) is 3.84. The van der Waals surface area contributed by atoms with Crippen molar-refractivity contribution in [2.75, 3.05) is 13.1 Å². The standard InChI is InChI=1S/C19H34N2O/c1-14(2)18(12-15-6-4-3-5-7-15)19(22)21-11-10-16-8-9-17(13-21)20-16/h14-18,20H,3-13H2,1-2H3. The number of likely N-dealkylation sites (tertiary alicyclic amines) is 1. The lowest BCUT2D eigenvalue weighted by molar-refractivity contribution is -0.138. The fourth-order valence-electron chi connectivity index (χ4n) is 4.82. The van der Waals surface area contributed by atoms with Gasteiger partial charge in [0.2, 0.25) is 5.91 Å². The van der Waals surface area contributed by atoms with Crippen LogP contribution in [0.25, 0.3) is 0 Å². The summed E-state index contributed by atoms with van der Waals surface area (Å²) in [5, 5.41) is 3.69. The molecule has 1 saturated carbocycles. The van der Waals surface area contributed by atoms with Crippen LogP contribution in [0.3, 0.4) is 0 Å². The molecule has 0 aromatic carbocycles. The molecule has 3 fully saturated rings. The second-order valence-corrected chi connectivity index (χ2v) is 8.30. The topological polar surface area (TPSA) is 32.3 Å². The highest BCUT2D eigenvalue weighted by atomic mass is 16.2. The number of carbonyl (C=O) groups is 1. The SMILES string of the molecule is CC(C)C(CC1CCCCC1)C(=O)N1CCC2CCC(C1)N2. The number of carbonyl (C=O) groups excluding carboxylic acids is 1. The Morgan fingerprint density at radius 1 is 1.05 bits per heavy atom. The average molecular weight is 306 g/mol.